The molecule has 4 atom stereocenters. The van der Waals surface area contributed by atoms with Crippen molar-refractivity contribution in [3.8, 4) is 0 Å². The van der Waals surface area contributed by atoms with Gasteiger partial charge in [0.05, 0.1) is 0 Å². The SMILES string of the molecule is CO[C@H]1C[C@@H](OC(C)=O)[C@@H]([C@H](COC(C)=O)OC(C)=O)O1. The summed E-state index contributed by atoms with van der Waals surface area (Å²) in [6, 6.07) is 0. The third-order valence-corrected chi connectivity index (χ3v) is 2.81. The number of esters is 3. The summed E-state index contributed by atoms with van der Waals surface area (Å²) in [5.41, 5.74) is 0. The maximum atomic E-state index is 11.2. The standard InChI is InChI=1S/C13H20O8/c1-7(14)18-6-11(20-9(3)16)13-10(19-8(2)15)5-12(17-4)21-13/h10-13H,5-6H2,1-4H3/t10-,11+,12-,13+/m1/s1. The number of carbonyl (C=O) groups excluding carboxylic acids is 3. The van der Waals surface area contributed by atoms with E-state index in [0.717, 1.165) is 0 Å². The van der Waals surface area contributed by atoms with Crippen LogP contribution in [0.3, 0.4) is 0 Å². The Morgan fingerprint density at radius 3 is 2.29 bits per heavy atom. The van der Waals surface area contributed by atoms with E-state index in [4.69, 9.17) is 23.7 Å². The van der Waals surface area contributed by atoms with Gasteiger partial charge in [0.15, 0.2) is 12.4 Å². The van der Waals surface area contributed by atoms with Crippen LogP contribution in [0.4, 0.5) is 0 Å². The first-order valence-corrected chi connectivity index (χ1v) is 6.49. The Bertz CT molecular complexity index is 394. The van der Waals surface area contributed by atoms with E-state index in [9.17, 15) is 14.4 Å². The molecule has 0 aliphatic carbocycles. The van der Waals surface area contributed by atoms with Crippen molar-refractivity contribution in [1.82, 2.24) is 0 Å². The van der Waals surface area contributed by atoms with Crippen molar-refractivity contribution < 1.29 is 38.1 Å². The summed E-state index contributed by atoms with van der Waals surface area (Å²) >= 11 is 0. The van der Waals surface area contributed by atoms with Crippen LogP contribution in [0.1, 0.15) is 27.2 Å². The molecule has 0 bridgehead atoms. The molecule has 0 amide bonds. The topological polar surface area (TPSA) is 97.4 Å². The van der Waals surface area contributed by atoms with E-state index in [0.29, 0.717) is 6.42 Å². The Morgan fingerprint density at radius 1 is 1.14 bits per heavy atom. The summed E-state index contributed by atoms with van der Waals surface area (Å²) in [4.78, 5) is 33.2. The van der Waals surface area contributed by atoms with Gasteiger partial charge >= 0.3 is 17.9 Å². The van der Waals surface area contributed by atoms with Crippen LogP contribution in [0.2, 0.25) is 0 Å². The Hall–Kier alpha value is -1.67. The predicted octanol–water partition coefficient (Wildman–Crippen LogP) is 0.174. The lowest BCUT2D eigenvalue weighted by atomic mass is 10.1. The number of ether oxygens (including phenoxy) is 5. The van der Waals surface area contributed by atoms with E-state index in [-0.39, 0.29) is 6.61 Å². The molecule has 0 aromatic carbocycles. The van der Waals surface area contributed by atoms with Crippen LogP contribution in [0.25, 0.3) is 0 Å². The molecule has 1 rings (SSSR count). The maximum Gasteiger partial charge on any atom is 0.303 e. The average Bonchev–Trinajstić information content (AvgIpc) is 2.76. The van der Waals surface area contributed by atoms with Crippen molar-refractivity contribution in [1.29, 1.82) is 0 Å². The molecular weight excluding hydrogens is 284 g/mol. The lowest BCUT2D eigenvalue weighted by molar-refractivity contribution is -0.186. The van der Waals surface area contributed by atoms with Gasteiger partial charge in [0.1, 0.15) is 18.8 Å². The zero-order valence-corrected chi connectivity index (χ0v) is 12.5. The van der Waals surface area contributed by atoms with Crippen LogP contribution in [0, 0.1) is 0 Å². The Balaban J connectivity index is 2.81. The number of methoxy groups -OCH3 is 1. The molecule has 21 heavy (non-hydrogen) atoms. The van der Waals surface area contributed by atoms with Crippen molar-refractivity contribution >= 4 is 17.9 Å². The highest BCUT2D eigenvalue weighted by Crippen LogP contribution is 2.28. The van der Waals surface area contributed by atoms with Crippen molar-refractivity contribution in [2.75, 3.05) is 13.7 Å². The van der Waals surface area contributed by atoms with Crippen molar-refractivity contribution in [3.05, 3.63) is 0 Å². The van der Waals surface area contributed by atoms with Gasteiger partial charge in [-0.1, -0.05) is 0 Å². The van der Waals surface area contributed by atoms with Crippen molar-refractivity contribution in [2.24, 2.45) is 0 Å². The molecule has 120 valence electrons. The molecule has 0 aromatic rings. The lowest BCUT2D eigenvalue weighted by Crippen LogP contribution is -2.42. The molecule has 1 saturated heterocycles. The van der Waals surface area contributed by atoms with Crippen LogP contribution in [0.15, 0.2) is 0 Å². The second-order valence-electron chi connectivity index (χ2n) is 4.60. The zero-order valence-electron chi connectivity index (χ0n) is 12.5. The average molecular weight is 304 g/mol. The normalized spacial score (nSPS) is 26.0. The van der Waals surface area contributed by atoms with Gasteiger partial charge in [0, 0.05) is 34.3 Å². The Labute approximate surface area is 122 Å². The number of rotatable bonds is 6. The molecule has 0 spiro atoms. The number of carbonyl (C=O) groups is 3. The number of hydrogen-bond donors (Lipinski definition) is 0. The molecule has 8 heteroatoms. The van der Waals surface area contributed by atoms with Gasteiger partial charge < -0.3 is 23.7 Å². The predicted molar refractivity (Wildman–Crippen MR) is 68.0 cm³/mol. The lowest BCUT2D eigenvalue weighted by Gasteiger charge is -2.26. The fourth-order valence-corrected chi connectivity index (χ4v) is 2.06. The summed E-state index contributed by atoms with van der Waals surface area (Å²) < 4.78 is 25.7. The second-order valence-corrected chi connectivity index (χ2v) is 4.60. The molecule has 8 nitrogen and oxygen atoms in total. The van der Waals surface area contributed by atoms with Crippen LogP contribution in [-0.4, -0.2) is 56.2 Å². The largest absolute Gasteiger partial charge is 0.462 e. The van der Waals surface area contributed by atoms with Crippen molar-refractivity contribution in [3.63, 3.8) is 0 Å². The third-order valence-electron chi connectivity index (χ3n) is 2.81. The second kappa shape index (κ2) is 7.94. The van der Waals surface area contributed by atoms with E-state index in [1.54, 1.807) is 0 Å². The first kappa shape index (κ1) is 17.4. The Kier molecular flexibility index (Phi) is 6.57. The fourth-order valence-electron chi connectivity index (χ4n) is 2.06. The van der Waals surface area contributed by atoms with E-state index in [1.165, 1.54) is 27.9 Å². The molecule has 0 aromatic heterocycles. The first-order chi connectivity index (χ1) is 9.83. The summed E-state index contributed by atoms with van der Waals surface area (Å²) in [6.07, 6.45) is -2.57. The summed E-state index contributed by atoms with van der Waals surface area (Å²) in [6.45, 7) is 3.55. The molecular formula is C13H20O8. The van der Waals surface area contributed by atoms with Gasteiger partial charge in [-0.05, 0) is 0 Å². The molecule has 1 fully saturated rings. The van der Waals surface area contributed by atoms with Gasteiger partial charge in [-0.3, -0.25) is 14.4 Å². The summed E-state index contributed by atoms with van der Waals surface area (Å²) in [5.74, 6) is -1.56. The van der Waals surface area contributed by atoms with E-state index >= 15 is 0 Å². The fraction of sp³-hybridized carbons (Fsp3) is 0.769. The molecule has 0 unspecified atom stereocenters. The van der Waals surface area contributed by atoms with Crippen LogP contribution < -0.4 is 0 Å². The quantitative estimate of drug-likeness (QED) is 0.506. The maximum absolute atomic E-state index is 11.2. The molecule has 1 heterocycles. The minimum absolute atomic E-state index is 0.187. The van der Waals surface area contributed by atoms with Crippen LogP contribution in [-0.2, 0) is 38.1 Å². The highest BCUT2D eigenvalue weighted by molar-refractivity contribution is 5.67. The first-order valence-electron chi connectivity index (χ1n) is 6.49. The van der Waals surface area contributed by atoms with Crippen LogP contribution in [0.5, 0.6) is 0 Å². The Morgan fingerprint density at radius 2 is 1.81 bits per heavy atom. The molecule has 0 N–H and O–H groups in total. The van der Waals surface area contributed by atoms with Gasteiger partial charge in [0.25, 0.3) is 0 Å². The van der Waals surface area contributed by atoms with Gasteiger partial charge in [-0.2, -0.15) is 0 Å². The minimum atomic E-state index is -0.879. The highest BCUT2D eigenvalue weighted by atomic mass is 16.7. The van der Waals surface area contributed by atoms with E-state index in [2.05, 4.69) is 0 Å². The van der Waals surface area contributed by atoms with Gasteiger partial charge in [-0.25, -0.2) is 0 Å². The van der Waals surface area contributed by atoms with E-state index < -0.39 is 42.5 Å². The van der Waals surface area contributed by atoms with Gasteiger partial charge in [0.2, 0.25) is 0 Å². The molecule has 1 aliphatic rings. The molecule has 0 saturated carbocycles. The summed E-state index contributed by atoms with van der Waals surface area (Å²) in [5, 5.41) is 0. The van der Waals surface area contributed by atoms with Crippen molar-refractivity contribution in [2.45, 2.75) is 51.8 Å². The van der Waals surface area contributed by atoms with Gasteiger partial charge in [-0.15, -0.1) is 0 Å². The molecule has 0 radical (unpaired) electrons. The smallest absolute Gasteiger partial charge is 0.303 e. The minimum Gasteiger partial charge on any atom is -0.462 e. The number of hydrogen-bond acceptors (Lipinski definition) is 8. The zero-order chi connectivity index (χ0) is 16.0. The third kappa shape index (κ3) is 5.68. The van der Waals surface area contributed by atoms with Crippen LogP contribution >= 0.6 is 0 Å². The van der Waals surface area contributed by atoms with E-state index in [1.807, 2.05) is 0 Å². The monoisotopic (exact) mass is 304 g/mol. The summed E-state index contributed by atoms with van der Waals surface area (Å²) in [7, 11) is 1.45. The highest BCUT2D eigenvalue weighted by Gasteiger charge is 2.44. The molecule has 1 aliphatic heterocycles.